The van der Waals surface area contributed by atoms with Gasteiger partial charge in [0.15, 0.2) is 11.5 Å². The van der Waals surface area contributed by atoms with Gasteiger partial charge >= 0.3 is 0 Å². The first-order valence-corrected chi connectivity index (χ1v) is 6.25. The van der Waals surface area contributed by atoms with E-state index in [1.165, 1.54) is 5.56 Å². The van der Waals surface area contributed by atoms with E-state index in [-0.39, 0.29) is 0 Å². The summed E-state index contributed by atoms with van der Waals surface area (Å²) >= 11 is 0. The van der Waals surface area contributed by atoms with Gasteiger partial charge in [0.25, 0.3) is 0 Å². The molecule has 1 aromatic rings. The fourth-order valence-corrected chi connectivity index (χ4v) is 1.57. The number of benzene rings is 1. The minimum absolute atomic E-state index is 0.513. The monoisotopic (exact) mass is 247 g/mol. The van der Waals surface area contributed by atoms with Gasteiger partial charge in [0.1, 0.15) is 0 Å². The van der Waals surface area contributed by atoms with E-state index in [1.54, 1.807) is 7.11 Å². The lowest BCUT2D eigenvalue weighted by molar-refractivity contribution is 0.301. The smallest absolute Gasteiger partial charge is 0.161 e. The lowest BCUT2D eigenvalue weighted by atomic mass is 10.2. The Balaban J connectivity index is 2.65. The third-order valence-electron chi connectivity index (χ3n) is 2.49. The van der Waals surface area contributed by atoms with Gasteiger partial charge in [-0.05, 0) is 30.7 Å². The highest BCUT2D eigenvalue weighted by molar-refractivity contribution is 5.43. The number of hydrogen-bond acceptors (Lipinski definition) is 3. The molecule has 0 aliphatic carbocycles. The highest BCUT2D eigenvalue weighted by Crippen LogP contribution is 2.28. The van der Waals surface area contributed by atoms with Crippen LogP contribution < -0.4 is 14.8 Å². The predicted octanol–water partition coefficient (Wildman–Crippen LogP) is 2.60. The van der Waals surface area contributed by atoms with E-state index in [0.29, 0.717) is 13.0 Å². The Bertz CT molecular complexity index is 396. The molecule has 0 aliphatic heterocycles. The molecule has 0 saturated heterocycles. The second kappa shape index (κ2) is 8.43. The molecule has 18 heavy (non-hydrogen) atoms. The molecule has 0 heterocycles. The first kappa shape index (κ1) is 14.4. The quantitative estimate of drug-likeness (QED) is 0.566. The summed E-state index contributed by atoms with van der Waals surface area (Å²) in [6, 6.07) is 5.96. The Morgan fingerprint density at radius 2 is 2.17 bits per heavy atom. The summed E-state index contributed by atoms with van der Waals surface area (Å²) < 4.78 is 10.9. The van der Waals surface area contributed by atoms with Gasteiger partial charge in [-0.25, -0.2) is 0 Å². The number of ether oxygens (including phenoxy) is 2. The Kier molecular flexibility index (Phi) is 6.75. The van der Waals surface area contributed by atoms with Gasteiger partial charge in [0.2, 0.25) is 0 Å². The summed E-state index contributed by atoms with van der Waals surface area (Å²) in [6.07, 6.45) is 6.93. The summed E-state index contributed by atoms with van der Waals surface area (Å²) in [5.74, 6) is 4.05. The zero-order chi connectivity index (χ0) is 13.2. The number of hydrogen-bond donors (Lipinski definition) is 1. The van der Waals surface area contributed by atoms with Crippen LogP contribution in [0.1, 0.15) is 25.3 Å². The van der Waals surface area contributed by atoms with Crippen LogP contribution in [-0.4, -0.2) is 20.3 Å². The van der Waals surface area contributed by atoms with E-state index in [4.69, 9.17) is 15.9 Å². The summed E-state index contributed by atoms with van der Waals surface area (Å²) in [5, 5.41) is 3.35. The van der Waals surface area contributed by atoms with Crippen molar-refractivity contribution in [1.29, 1.82) is 0 Å². The highest BCUT2D eigenvalue weighted by Gasteiger charge is 2.05. The van der Waals surface area contributed by atoms with Crippen LogP contribution in [0.25, 0.3) is 0 Å². The molecule has 1 N–H and O–H groups in total. The maximum atomic E-state index is 5.62. The molecule has 0 aromatic heterocycles. The third kappa shape index (κ3) is 4.68. The molecule has 0 unspecified atom stereocenters. The summed E-state index contributed by atoms with van der Waals surface area (Å²) in [4.78, 5) is 0. The van der Waals surface area contributed by atoms with Gasteiger partial charge in [-0.1, -0.05) is 13.0 Å². The first-order chi connectivity index (χ1) is 8.81. The summed E-state index contributed by atoms with van der Waals surface area (Å²) in [5.41, 5.74) is 1.18. The van der Waals surface area contributed by atoms with Crippen LogP contribution in [0.2, 0.25) is 0 Å². The third-order valence-corrected chi connectivity index (χ3v) is 2.49. The molecule has 0 radical (unpaired) electrons. The van der Waals surface area contributed by atoms with E-state index in [0.717, 1.165) is 31.0 Å². The largest absolute Gasteiger partial charge is 0.493 e. The topological polar surface area (TPSA) is 30.5 Å². The van der Waals surface area contributed by atoms with Gasteiger partial charge in [-0.15, -0.1) is 12.3 Å². The van der Waals surface area contributed by atoms with Gasteiger partial charge in [-0.2, -0.15) is 0 Å². The van der Waals surface area contributed by atoms with Crippen molar-refractivity contribution in [2.24, 2.45) is 0 Å². The van der Waals surface area contributed by atoms with Gasteiger partial charge in [0.05, 0.1) is 13.7 Å². The van der Waals surface area contributed by atoms with Crippen LogP contribution in [-0.2, 0) is 6.54 Å². The molecule has 1 aromatic carbocycles. The van der Waals surface area contributed by atoms with Crippen molar-refractivity contribution >= 4 is 0 Å². The molecule has 3 nitrogen and oxygen atoms in total. The summed E-state index contributed by atoms with van der Waals surface area (Å²) in [6.45, 7) is 4.51. The van der Waals surface area contributed by atoms with Crippen molar-refractivity contribution < 1.29 is 9.47 Å². The van der Waals surface area contributed by atoms with E-state index >= 15 is 0 Å². The first-order valence-electron chi connectivity index (χ1n) is 6.25. The Hall–Kier alpha value is -1.66. The van der Waals surface area contributed by atoms with E-state index in [9.17, 15) is 0 Å². The molecular formula is C15H21NO2. The molecule has 0 aliphatic rings. The minimum Gasteiger partial charge on any atom is -0.493 e. The number of rotatable bonds is 8. The molecule has 0 fully saturated rings. The van der Waals surface area contributed by atoms with Crippen molar-refractivity contribution in [2.45, 2.75) is 26.3 Å². The lowest BCUT2D eigenvalue weighted by Crippen LogP contribution is -2.13. The number of terminal acetylenes is 1. The van der Waals surface area contributed by atoms with Crippen LogP contribution in [0.5, 0.6) is 11.5 Å². The fraction of sp³-hybridized carbons (Fsp3) is 0.467. The lowest BCUT2D eigenvalue weighted by Gasteiger charge is -2.12. The van der Waals surface area contributed by atoms with Crippen molar-refractivity contribution in [3.63, 3.8) is 0 Å². The Morgan fingerprint density at radius 3 is 2.83 bits per heavy atom. The van der Waals surface area contributed by atoms with Crippen LogP contribution in [0.4, 0.5) is 0 Å². The fourth-order valence-electron chi connectivity index (χ4n) is 1.57. The Labute approximate surface area is 109 Å². The SMILES string of the molecule is C#CCCOc1cc(CNCCC)ccc1OC. The maximum absolute atomic E-state index is 5.62. The van der Waals surface area contributed by atoms with Crippen molar-refractivity contribution in [3.8, 4) is 23.8 Å². The molecule has 0 bridgehead atoms. The normalized spacial score (nSPS) is 9.83. The molecule has 3 heteroatoms. The standard InChI is InChI=1S/C15H21NO2/c1-4-6-10-18-15-11-13(12-16-9-5-2)7-8-14(15)17-3/h1,7-8,11,16H,5-6,9-10,12H2,2-3H3. The van der Waals surface area contributed by atoms with Gasteiger partial charge in [0, 0.05) is 13.0 Å². The van der Waals surface area contributed by atoms with E-state index in [2.05, 4.69) is 18.2 Å². The zero-order valence-corrected chi connectivity index (χ0v) is 11.2. The number of nitrogens with one attached hydrogen (secondary N) is 1. The molecule has 1 rings (SSSR count). The molecule has 98 valence electrons. The number of methoxy groups -OCH3 is 1. The molecular weight excluding hydrogens is 226 g/mol. The molecule has 0 atom stereocenters. The van der Waals surface area contributed by atoms with E-state index in [1.807, 2.05) is 18.2 Å². The van der Waals surface area contributed by atoms with Crippen LogP contribution in [0.15, 0.2) is 18.2 Å². The van der Waals surface area contributed by atoms with Crippen molar-refractivity contribution in [3.05, 3.63) is 23.8 Å². The molecule has 0 saturated carbocycles. The second-order valence-electron chi connectivity index (χ2n) is 3.96. The van der Waals surface area contributed by atoms with Crippen molar-refractivity contribution in [2.75, 3.05) is 20.3 Å². The minimum atomic E-state index is 0.513. The maximum Gasteiger partial charge on any atom is 0.161 e. The highest BCUT2D eigenvalue weighted by atomic mass is 16.5. The van der Waals surface area contributed by atoms with Gasteiger partial charge < -0.3 is 14.8 Å². The zero-order valence-electron chi connectivity index (χ0n) is 11.2. The molecule has 0 amide bonds. The average Bonchev–Trinajstić information content (AvgIpc) is 2.40. The van der Waals surface area contributed by atoms with Crippen LogP contribution in [0, 0.1) is 12.3 Å². The van der Waals surface area contributed by atoms with Crippen molar-refractivity contribution in [1.82, 2.24) is 5.32 Å². The van der Waals surface area contributed by atoms with E-state index < -0.39 is 0 Å². The average molecular weight is 247 g/mol. The molecule has 0 spiro atoms. The van der Waals surface area contributed by atoms with Crippen LogP contribution >= 0.6 is 0 Å². The Morgan fingerprint density at radius 1 is 1.33 bits per heavy atom. The van der Waals surface area contributed by atoms with Gasteiger partial charge in [-0.3, -0.25) is 0 Å². The second-order valence-corrected chi connectivity index (χ2v) is 3.96. The predicted molar refractivity (Wildman–Crippen MR) is 73.9 cm³/mol. The van der Waals surface area contributed by atoms with Crippen LogP contribution in [0.3, 0.4) is 0 Å². The summed E-state index contributed by atoms with van der Waals surface area (Å²) in [7, 11) is 1.64.